The third-order valence-corrected chi connectivity index (χ3v) is 3.43. The maximum absolute atomic E-state index is 5.85. The van der Waals surface area contributed by atoms with E-state index in [4.69, 9.17) is 16.3 Å². The van der Waals surface area contributed by atoms with Crippen molar-refractivity contribution in [3.05, 3.63) is 70.9 Å². The summed E-state index contributed by atoms with van der Waals surface area (Å²) in [5.74, 6) is 0.794. The van der Waals surface area contributed by atoms with Crippen LogP contribution in [0.4, 0.5) is 0 Å². The van der Waals surface area contributed by atoms with E-state index in [1.165, 1.54) is 10.9 Å². The summed E-state index contributed by atoms with van der Waals surface area (Å²) >= 11 is 5.85. The Hall–Kier alpha value is -2.06. The summed E-state index contributed by atoms with van der Waals surface area (Å²) in [7, 11) is 0. The lowest BCUT2D eigenvalue weighted by molar-refractivity contribution is 0.301. The molecule has 1 aromatic heterocycles. The van der Waals surface area contributed by atoms with Gasteiger partial charge in [-0.2, -0.15) is 0 Å². The van der Waals surface area contributed by atoms with Gasteiger partial charge >= 0.3 is 0 Å². The SMILES string of the molecule is Cc1cc(COc2ccc(Cl)cc2)nc2ccccc12. The Kier molecular flexibility index (Phi) is 3.57. The summed E-state index contributed by atoms with van der Waals surface area (Å²) in [5.41, 5.74) is 3.14. The van der Waals surface area contributed by atoms with Gasteiger partial charge < -0.3 is 4.74 Å². The maximum Gasteiger partial charge on any atom is 0.130 e. The van der Waals surface area contributed by atoms with E-state index in [0.29, 0.717) is 11.6 Å². The van der Waals surface area contributed by atoms with Crippen molar-refractivity contribution in [3.8, 4) is 5.75 Å². The van der Waals surface area contributed by atoms with E-state index in [1.54, 1.807) is 0 Å². The molecule has 20 heavy (non-hydrogen) atoms. The molecule has 0 aliphatic rings. The van der Waals surface area contributed by atoms with Crippen molar-refractivity contribution in [2.75, 3.05) is 0 Å². The molecular weight excluding hydrogens is 270 g/mol. The van der Waals surface area contributed by atoms with Crippen LogP contribution in [0.25, 0.3) is 10.9 Å². The fourth-order valence-electron chi connectivity index (χ4n) is 2.18. The fraction of sp³-hybridized carbons (Fsp3) is 0.118. The van der Waals surface area contributed by atoms with E-state index in [1.807, 2.05) is 42.5 Å². The molecule has 0 saturated heterocycles. The van der Waals surface area contributed by atoms with Crippen LogP contribution in [0.3, 0.4) is 0 Å². The maximum atomic E-state index is 5.85. The number of rotatable bonds is 3. The highest BCUT2D eigenvalue weighted by molar-refractivity contribution is 6.30. The molecule has 0 aliphatic heterocycles. The molecule has 100 valence electrons. The minimum Gasteiger partial charge on any atom is -0.487 e. The summed E-state index contributed by atoms with van der Waals surface area (Å²) in [5, 5.41) is 1.89. The molecule has 0 N–H and O–H groups in total. The Morgan fingerprint density at radius 1 is 1.05 bits per heavy atom. The molecule has 0 aliphatic carbocycles. The predicted octanol–water partition coefficient (Wildman–Crippen LogP) is 4.78. The van der Waals surface area contributed by atoms with Gasteiger partial charge in [-0.15, -0.1) is 0 Å². The molecule has 0 saturated carbocycles. The van der Waals surface area contributed by atoms with Gasteiger partial charge in [0.2, 0.25) is 0 Å². The predicted molar refractivity (Wildman–Crippen MR) is 82.3 cm³/mol. The molecule has 0 fully saturated rings. The number of hydrogen-bond donors (Lipinski definition) is 0. The minimum atomic E-state index is 0.452. The molecule has 2 aromatic carbocycles. The van der Waals surface area contributed by atoms with E-state index in [0.717, 1.165) is 17.0 Å². The van der Waals surface area contributed by atoms with Gasteiger partial charge in [0, 0.05) is 10.4 Å². The third kappa shape index (κ3) is 2.75. The van der Waals surface area contributed by atoms with Crippen molar-refractivity contribution in [1.82, 2.24) is 4.98 Å². The van der Waals surface area contributed by atoms with Crippen LogP contribution in [0.2, 0.25) is 5.02 Å². The second-order valence-corrected chi connectivity index (χ2v) is 5.13. The number of fused-ring (bicyclic) bond motifs is 1. The van der Waals surface area contributed by atoms with Gasteiger partial charge in [0.25, 0.3) is 0 Å². The highest BCUT2D eigenvalue weighted by Crippen LogP contribution is 2.20. The molecule has 3 heteroatoms. The number of benzene rings is 2. The lowest BCUT2D eigenvalue weighted by Crippen LogP contribution is -1.99. The van der Waals surface area contributed by atoms with Crippen molar-refractivity contribution < 1.29 is 4.74 Å². The van der Waals surface area contributed by atoms with Crippen LogP contribution in [0.15, 0.2) is 54.6 Å². The molecule has 0 atom stereocenters. The average Bonchev–Trinajstić information content (AvgIpc) is 2.47. The number of ether oxygens (including phenoxy) is 1. The van der Waals surface area contributed by atoms with Crippen LogP contribution >= 0.6 is 11.6 Å². The zero-order valence-electron chi connectivity index (χ0n) is 11.1. The first-order valence-electron chi connectivity index (χ1n) is 6.46. The number of halogens is 1. The highest BCUT2D eigenvalue weighted by Gasteiger charge is 2.03. The number of pyridine rings is 1. The van der Waals surface area contributed by atoms with Gasteiger partial charge in [0.1, 0.15) is 12.4 Å². The largest absolute Gasteiger partial charge is 0.487 e. The smallest absolute Gasteiger partial charge is 0.130 e. The van der Waals surface area contributed by atoms with Crippen molar-refractivity contribution in [2.24, 2.45) is 0 Å². The van der Waals surface area contributed by atoms with Gasteiger partial charge in [0.05, 0.1) is 11.2 Å². The Balaban J connectivity index is 1.82. The summed E-state index contributed by atoms with van der Waals surface area (Å²) < 4.78 is 5.73. The molecule has 0 radical (unpaired) electrons. The van der Waals surface area contributed by atoms with Gasteiger partial charge in [-0.05, 0) is 48.9 Å². The molecule has 3 rings (SSSR count). The van der Waals surface area contributed by atoms with Gasteiger partial charge in [-0.1, -0.05) is 29.8 Å². The van der Waals surface area contributed by atoms with Gasteiger partial charge in [0.15, 0.2) is 0 Å². The van der Waals surface area contributed by atoms with E-state index in [9.17, 15) is 0 Å². The normalized spacial score (nSPS) is 10.7. The van der Waals surface area contributed by atoms with Gasteiger partial charge in [-0.25, -0.2) is 4.98 Å². The molecule has 3 aromatic rings. The summed E-state index contributed by atoms with van der Waals surface area (Å²) in [6.45, 7) is 2.54. The van der Waals surface area contributed by atoms with E-state index >= 15 is 0 Å². The molecule has 2 nitrogen and oxygen atoms in total. The first kappa shape index (κ1) is 12.9. The molecular formula is C17H14ClNO. The second-order valence-electron chi connectivity index (χ2n) is 4.69. The average molecular weight is 284 g/mol. The van der Waals surface area contributed by atoms with Crippen molar-refractivity contribution >= 4 is 22.5 Å². The fourth-order valence-corrected chi connectivity index (χ4v) is 2.31. The number of aryl methyl sites for hydroxylation is 1. The second kappa shape index (κ2) is 5.51. The lowest BCUT2D eigenvalue weighted by atomic mass is 10.1. The number of hydrogen-bond acceptors (Lipinski definition) is 2. The summed E-state index contributed by atoms with van der Waals surface area (Å²) in [4.78, 5) is 4.62. The molecule has 0 amide bonds. The lowest BCUT2D eigenvalue weighted by Gasteiger charge is -2.08. The van der Waals surface area contributed by atoms with Gasteiger partial charge in [-0.3, -0.25) is 0 Å². The van der Waals surface area contributed by atoms with Crippen LogP contribution in [-0.2, 0) is 6.61 Å². The van der Waals surface area contributed by atoms with Crippen LogP contribution in [0.1, 0.15) is 11.3 Å². The third-order valence-electron chi connectivity index (χ3n) is 3.18. The van der Waals surface area contributed by atoms with Crippen molar-refractivity contribution in [2.45, 2.75) is 13.5 Å². The van der Waals surface area contributed by atoms with E-state index in [-0.39, 0.29) is 0 Å². The molecule has 0 spiro atoms. The number of aromatic nitrogens is 1. The quantitative estimate of drug-likeness (QED) is 0.690. The van der Waals surface area contributed by atoms with Crippen LogP contribution in [-0.4, -0.2) is 4.98 Å². The molecule has 1 heterocycles. The van der Waals surface area contributed by atoms with Crippen LogP contribution in [0.5, 0.6) is 5.75 Å². The van der Waals surface area contributed by atoms with E-state index < -0.39 is 0 Å². The molecule has 0 unspecified atom stereocenters. The Bertz CT molecular complexity index is 738. The molecule has 0 bridgehead atoms. The van der Waals surface area contributed by atoms with Crippen LogP contribution in [0, 0.1) is 6.92 Å². The summed E-state index contributed by atoms with van der Waals surface area (Å²) in [6.07, 6.45) is 0. The first-order valence-corrected chi connectivity index (χ1v) is 6.84. The Labute approximate surface area is 123 Å². The standard InChI is InChI=1S/C17H14ClNO/c1-12-10-14(19-17-5-3-2-4-16(12)17)11-20-15-8-6-13(18)7-9-15/h2-10H,11H2,1H3. The Morgan fingerprint density at radius 2 is 1.80 bits per heavy atom. The van der Waals surface area contributed by atoms with Crippen LogP contribution < -0.4 is 4.74 Å². The minimum absolute atomic E-state index is 0.452. The number of para-hydroxylation sites is 1. The van der Waals surface area contributed by atoms with E-state index in [2.05, 4.69) is 24.0 Å². The first-order chi connectivity index (χ1) is 9.72. The van der Waals surface area contributed by atoms with Crippen molar-refractivity contribution in [1.29, 1.82) is 0 Å². The van der Waals surface area contributed by atoms with Crippen molar-refractivity contribution in [3.63, 3.8) is 0 Å². The monoisotopic (exact) mass is 283 g/mol. The Morgan fingerprint density at radius 3 is 2.60 bits per heavy atom. The zero-order valence-corrected chi connectivity index (χ0v) is 11.9. The number of nitrogens with zero attached hydrogens (tertiary/aromatic N) is 1. The topological polar surface area (TPSA) is 22.1 Å². The zero-order chi connectivity index (χ0) is 13.9. The summed E-state index contributed by atoms with van der Waals surface area (Å²) in [6, 6.07) is 17.5. The highest BCUT2D eigenvalue weighted by atomic mass is 35.5.